The Labute approximate surface area is 91.0 Å². The predicted molar refractivity (Wildman–Crippen MR) is 55.8 cm³/mol. The zero-order valence-corrected chi connectivity index (χ0v) is 8.85. The van der Waals surface area contributed by atoms with Gasteiger partial charge in [-0.15, -0.1) is 0 Å². The van der Waals surface area contributed by atoms with E-state index in [1.165, 1.54) is 10.8 Å². The summed E-state index contributed by atoms with van der Waals surface area (Å²) in [5, 5.41) is 0.346. The van der Waals surface area contributed by atoms with Crippen LogP contribution in [0.4, 0.5) is 0 Å². The molecule has 2 rings (SSSR count). The molecule has 0 fully saturated rings. The van der Waals surface area contributed by atoms with Crippen molar-refractivity contribution in [2.75, 3.05) is 0 Å². The van der Waals surface area contributed by atoms with Gasteiger partial charge in [0, 0.05) is 19.4 Å². The van der Waals surface area contributed by atoms with Gasteiger partial charge >= 0.3 is 5.69 Å². The first-order chi connectivity index (χ1) is 7.16. The van der Waals surface area contributed by atoms with Crippen LogP contribution in [0.25, 0.3) is 0 Å². The highest BCUT2D eigenvalue weighted by Crippen LogP contribution is 2.02. The predicted octanol–water partition coefficient (Wildman–Crippen LogP) is 0.678. The molecule has 2 aromatic heterocycles. The third-order valence-electron chi connectivity index (χ3n) is 2.02. The van der Waals surface area contributed by atoms with Crippen molar-refractivity contribution in [1.29, 1.82) is 0 Å². The number of rotatable bonds is 2. The third-order valence-corrected chi connectivity index (χ3v) is 2.22. The summed E-state index contributed by atoms with van der Waals surface area (Å²) in [5.41, 5.74) is 0.624. The average Bonchev–Trinajstić information content (AvgIpc) is 2.53. The van der Waals surface area contributed by atoms with E-state index in [-0.39, 0.29) is 5.69 Å². The van der Waals surface area contributed by atoms with Crippen molar-refractivity contribution in [3.63, 3.8) is 0 Å². The van der Waals surface area contributed by atoms with Crippen LogP contribution in [0.5, 0.6) is 0 Å². The maximum atomic E-state index is 11.5. The summed E-state index contributed by atoms with van der Waals surface area (Å²) in [4.78, 5) is 19.4. The molecule has 2 heterocycles. The number of imidazole rings is 1. The van der Waals surface area contributed by atoms with Gasteiger partial charge in [0.1, 0.15) is 5.15 Å². The SMILES string of the molecule is Cn1ccn(Cc2cnc(Cl)cn2)c1=O. The molecule has 0 aliphatic heterocycles. The van der Waals surface area contributed by atoms with Crippen molar-refractivity contribution in [2.45, 2.75) is 6.54 Å². The van der Waals surface area contributed by atoms with E-state index in [1.54, 1.807) is 30.2 Å². The largest absolute Gasteiger partial charge is 0.328 e. The van der Waals surface area contributed by atoms with Gasteiger partial charge in [0.25, 0.3) is 0 Å². The Hall–Kier alpha value is -1.62. The molecule has 0 aliphatic rings. The molecule has 0 spiro atoms. The van der Waals surface area contributed by atoms with Gasteiger partial charge in [0.2, 0.25) is 0 Å². The van der Waals surface area contributed by atoms with Crippen molar-refractivity contribution in [2.24, 2.45) is 7.05 Å². The highest BCUT2D eigenvalue weighted by atomic mass is 35.5. The minimum atomic E-state index is -0.0771. The molecular weight excluding hydrogens is 216 g/mol. The van der Waals surface area contributed by atoms with Gasteiger partial charge in [-0.25, -0.2) is 9.78 Å². The highest BCUT2D eigenvalue weighted by Gasteiger charge is 2.02. The molecule has 0 unspecified atom stereocenters. The fourth-order valence-electron chi connectivity index (χ4n) is 1.23. The third kappa shape index (κ3) is 2.07. The second kappa shape index (κ2) is 3.86. The van der Waals surface area contributed by atoms with E-state index in [0.29, 0.717) is 17.4 Å². The van der Waals surface area contributed by atoms with E-state index in [9.17, 15) is 4.79 Å². The first-order valence-electron chi connectivity index (χ1n) is 4.35. The lowest BCUT2D eigenvalue weighted by Crippen LogP contribution is -2.22. The molecule has 0 N–H and O–H groups in total. The molecule has 0 aromatic carbocycles. The first kappa shape index (κ1) is 9.92. The Morgan fingerprint density at radius 3 is 2.67 bits per heavy atom. The Morgan fingerprint density at radius 2 is 2.13 bits per heavy atom. The smallest absolute Gasteiger partial charge is 0.302 e. The van der Waals surface area contributed by atoms with E-state index in [0.717, 1.165) is 0 Å². The molecule has 0 aliphatic carbocycles. The van der Waals surface area contributed by atoms with Gasteiger partial charge in [-0.05, 0) is 0 Å². The summed E-state index contributed by atoms with van der Waals surface area (Å²) >= 11 is 5.60. The van der Waals surface area contributed by atoms with Gasteiger partial charge in [0.05, 0.1) is 24.6 Å². The van der Waals surface area contributed by atoms with Crippen molar-refractivity contribution in [3.05, 3.63) is 46.1 Å². The number of hydrogen-bond acceptors (Lipinski definition) is 3. The van der Waals surface area contributed by atoms with Gasteiger partial charge < -0.3 is 4.57 Å². The molecule has 0 saturated carbocycles. The second-order valence-electron chi connectivity index (χ2n) is 3.15. The molecule has 15 heavy (non-hydrogen) atoms. The van der Waals surface area contributed by atoms with Crippen molar-refractivity contribution >= 4 is 11.6 Å². The monoisotopic (exact) mass is 224 g/mol. The van der Waals surface area contributed by atoms with E-state index >= 15 is 0 Å². The minimum absolute atomic E-state index is 0.0771. The van der Waals surface area contributed by atoms with Gasteiger partial charge in [-0.1, -0.05) is 11.6 Å². The lowest BCUT2D eigenvalue weighted by atomic mass is 10.4. The van der Waals surface area contributed by atoms with Crippen LogP contribution in [0, 0.1) is 0 Å². The Balaban J connectivity index is 2.26. The van der Waals surface area contributed by atoms with Crippen LogP contribution in [0.3, 0.4) is 0 Å². The van der Waals surface area contributed by atoms with Crippen LogP contribution >= 0.6 is 11.6 Å². The zero-order chi connectivity index (χ0) is 10.8. The number of hydrogen-bond donors (Lipinski definition) is 0. The topological polar surface area (TPSA) is 52.7 Å². The molecular formula is C9H9ClN4O. The van der Waals surface area contributed by atoms with E-state index in [4.69, 9.17) is 11.6 Å². The number of aryl methyl sites for hydroxylation is 1. The first-order valence-corrected chi connectivity index (χ1v) is 4.73. The van der Waals surface area contributed by atoms with Crippen LogP contribution in [0.1, 0.15) is 5.69 Å². The molecule has 0 radical (unpaired) electrons. The van der Waals surface area contributed by atoms with E-state index in [1.807, 2.05) is 0 Å². The highest BCUT2D eigenvalue weighted by molar-refractivity contribution is 6.29. The summed E-state index contributed by atoms with van der Waals surface area (Å²) in [6.45, 7) is 0.407. The molecule has 5 nitrogen and oxygen atoms in total. The van der Waals surface area contributed by atoms with E-state index in [2.05, 4.69) is 9.97 Å². The quantitative estimate of drug-likeness (QED) is 0.754. The Kier molecular flexibility index (Phi) is 2.55. The zero-order valence-electron chi connectivity index (χ0n) is 8.09. The lowest BCUT2D eigenvalue weighted by molar-refractivity contribution is 0.702. The maximum absolute atomic E-state index is 11.5. The van der Waals surface area contributed by atoms with Crippen molar-refractivity contribution in [1.82, 2.24) is 19.1 Å². The van der Waals surface area contributed by atoms with E-state index < -0.39 is 0 Å². The minimum Gasteiger partial charge on any atom is -0.302 e. The molecule has 0 saturated heterocycles. The number of halogens is 1. The van der Waals surface area contributed by atoms with Crippen molar-refractivity contribution < 1.29 is 0 Å². The Morgan fingerprint density at radius 1 is 1.33 bits per heavy atom. The van der Waals surface area contributed by atoms with Crippen molar-refractivity contribution in [3.8, 4) is 0 Å². The summed E-state index contributed by atoms with van der Waals surface area (Å²) in [6, 6.07) is 0. The molecule has 0 bridgehead atoms. The van der Waals surface area contributed by atoms with Crippen LogP contribution in [-0.4, -0.2) is 19.1 Å². The fraction of sp³-hybridized carbons (Fsp3) is 0.222. The van der Waals surface area contributed by atoms with Crippen LogP contribution in [0.2, 0.25) is 5.15 Å². The summed E-state index contributed by atoms with van der Waals surface area (Å²) in [6.07, 6.45) is 6.43. The number of aromatic nitrogens is 4. The fourth-order valence-corrected chi connectivity index (χ4v) is 1.32. The second-order valence-corrected chi connectivity index (χ2v) is 3.54. The summed E-state index contributed by atoms with van der Waals surface area (Å²) in [7, 11) is 1.70. The molecule has 2 aromatic rings. The summed E-state index contributed by atoms with van der Waals surface area (Å²) < 4.78 is 3.06. The lowest BCUT2D eigenvalue weighted by Gasteiger charge is -1.99. The molecule has 0 amide bonds. The Bertz CT molecular complexity index is 514. The average molecular weight is 225 g/mol. The summed E-state index contributed by atoms with van der Waals surface area (Å²) in [5.74, 6) is 0. The van der Waals surface area contributed by atoms with Gasteiger partial charge in [0.15, 0.2) is 0 Å². The molecule has 78 valence electrons. The molecule has 6 heteroatoms. The van der Waals surface area contributed by atoms with Gasteiger partial charge in [-0.3, -0.25) is 9.55 Å². The maximum Gasteiger partial charge on any atom is 0.328 e. The standard InChI is InChI=1S/C9H9ClN4O/c1-13-2-3-14(9(13)15)6-7-4-12-8(10)5-11-7/h2-5H,6H2,1H3. The normalized spacial score (nSPS) is 10.5. The van der Waals surface area contributed by atoms with Crippen LogP contribution < -0.4 is 5.69 Å². The van der Waals surface area contributed by atoms with Crippen LogP contribution in [-0.2, 0) is 13.6 Å². The van der Waals surface area contributed by atoms with Crippen LogP contribution in [0.15, 0.2) is 29.6 Å². The number of nitrogens with zero attached hydrogens (tertiary/aromatic N) is 4. The molecule has 0 atom stereocenters. The van der Waals surface area contributed by atoms with Gasteiger partial charge in [-0.2, -0.15) is 0 Å².